The first kappa shape index (κ1) is 19.1. The van der Waals surface area contributed by atoms with Crippen molar-refractivity contribution in [1.29, 1.82) is 0 Å². The van der Waals surface area contributed by atoms with Crippen LogP contribution in [-0.4, -0.2) is 59.5 Å². The smallest absolute Gasteiger partial charge is 0.246 e. The van der Waals surface area contributed by atoms with Gasteiger partial charge in [0.2, 0.25) is 15.9 Å². The number of rotatable bonds is 5. The molecule has 2 fully saturated rings. The highest BCUT2D eigenvalue weighted by Crippen LogP contribution is 2.32. The highest BCUT2D eigenvalue weighted by Gasteiger charge is 2.38. The first-order valence-electron chi connectivity index (χ1n) is 9.75. The Morgan fingerprint density at radius 1 is 1.07 bits per heavy atom. The van der Waals surface area contributed by atoms with E-state index in [9.17, 15) is 13.2 Å². The quantitative estimate of drug-likeness (QED) is 0.764. The lowest BCUT2D eigenvalue weighted by molar-refractivity contribution is -0.133. The van der Waals surface area contributed by atoms with Crippen molar-refractivity contribution in [1.82, 2.24) is 19.0 Å². The van der Waals surface area contributed by atoms with Crippen molar-refractivity contribution in [2.45, 2.75) is 38.1 Å². The van der Waals surface area contributed by atoms with Crippen LogP contribution in [0.2, 0.25) is 0 Å². The number of aromatic nitrogens is 2. The van der Waals surface area contributed by atoms with Crippen LogP contribution in [-0.2, 0) is 21.4 Å². The number of carbonyl (C=O) groups is 1. The second kappa shape index (κ2) is 7.33. The summed E-state index contributed by atoms with van der Waals surface area (Å²) >= 11 is 0. The average molecular weight is 403 g/mol. The van der Waals surface area contributed by atoms with Gasteiger partial charge in [0.1, 0.15) is 4.90 Å². The zero-order valence-corrected chi connectivity index (χ0v) is 17.2. The van der Waals surface area contributed by atoms with Gasteiger partial charge in [-0.15, -0.1) is 0 Å². The predicted octanol–water partition coefficient (Wildman–Crippen LogP) is 1.79. The molecule has 2 aliphatic rings. The summed E-state index contributed by atoms with van der Waals surface area (Å²) in [4.78, 5) is 14.3. The molecule has 0 unspecified atom stereocenters. The summed E-state index contributed by atoms with van der Waals surface area (Å²) in [5.41, 5.74) is 2.24. The van der Waals surface area contributed by atoms with Gasteiger partial charge in [0.15, 0.2) is 0 Å². The maximum absolute atomic E-state index is 13.3. The molecule has 4 rings (SSSR count). The molecule has 28 heavy (non-hydrogen) atoms. The topological polar surface area (TPSA) is 75.5 Å². The van der Waals surface area contributed by atoms with Crippen molar-refractivity contribution in [3.05, 3.63) is 47.3 Å². The molecule has 1 saturated heterocycles. The summed E-state index contributed by atoms with van der Waals surface area (Å²) in [6.07, 6.45) is 1.94. The Hall–Kier alpha value is -2.19. The monoisotopic (exact) mass is 402 g/mol. The van der Waals surface area contributed by atoms with Gasteiger partial charge in [0, 0.05) is 32.1 Å². The third-order valence-corrected chi connectivity index (χ3v) is 7.72. The highest BCUT2D eigenvalue weighted by molar-refractivity contribution is 7.89. The second-order valence-electron chi connectivity index (χ2n) is 7.65. The molecule has 0 atom stereocenters. The minimum Gasteiger partial charge on any atom is -0.340 e. The van der Waals surface area contributed by atoms with Crippen molar-refractivity contribution >= 4 is 15.9 Å². The molecule has 1 aromatic carbocycles. The van der Waals surface area contributed by atoms with Crippen LogP contribution in [0.1, 0.15) is 29.8 Å². The fourth-order valence-electron chi connectivity index (χ4n) is 3.83. The SMILES string of the molecule is Cc1nn(Cc2ccccc2)c(C)c1S(=O)(=O)N1CCN(C(=O)C2CC2)CC1. The minimum atomic E-state index is -3.64. The number of hydrogen-bond acceptors (Lipinski definition) is 4. The first-order valence-corrected chi connectivity index (χ1v) is 11.2. The van der Waals surface area contributed by atoms with E-state index in [2.05, 4.69) is 5.10 Å². The lowest BCUT2D eigenvalue weighted by Gasteiger charge is -2.34. The number of amides is 1. The van der Waals surface area contributed by atoms with Crippen molar-refractivity contribution in [3.63, 3.8) is 0 Å². The molecule has 0 bridgehead atoms. The minimum absolute atomic E-state index is 0.170. The standard InChI is InChI=1S/C20H26N4O3S/c1-15-19(16(2)24(21-15)14-17-6-4-3-5-7-17)28(26,27)23-12-10-22(11-13-23)20(25)18-8-9-18/h3-7,18H,8-14H2,1-2H3. The molecule has 1 saturated carbocycles. The van der Waals surface area contributed by atoms with E-state index in [1.165, 1.54) is 4.31 Å². The summed E-state index contributed by atoms with van der Waals surface area (Å²) in [5.74, 6) is 0.351. The third-order valence-electron chi connectivity index (χ3n) is 5.57. The van der Waals surface area contributed by atoms with Gasteiger partial charge < -0.3 is 4.90 Å². The molecule has 2 heterocycles. The van der Waals surface area contributed by atoms with Crippen LogP contribution in [0, 0.1) is 19.8 Å². The van der Waals surface area contributed by atoms with E-state index >= 15 is 0 Å². The van der Waals surface area contributed by atoms with Gasteiger partial charge in [-0.25, -0.2) is 8.42 Å². The Bertz CT molecular complexity index is 972. The van der Waals surface area contributed by atoms with Crippen molar-refractivity contribution in [2.75, 3.05) is 26.2 Å². The van der Waals surface area contributed by atoms with Crippen LogP contribution in [0.15, 0.2) is 35.2 Å². The molecule has 150 valence electrons. The fourth-order valence-corrected chi connectivity index (χ4v) is 5.63. The average Bonchev–Trinajstić information content (AvgIpc) is 3.49. The highest BCUT2D eigenvalue weighted by atomic mass is 32.2. The van der Waals surface area contributed by atoms with Crippen molar-refractivity contribution in [3.8, 4) is 0 Å². The summed E-state index contributed by atoms with van der Waals surface area (Å²) in [5, 5.41) is 4.49. The van der Waals surface area contributed by atoms with Gasteiger partial charge in [-0.05, 0) is 32.3 Å². The largest absolute Gasteiger partial charge is 0.340 e. The van der Waals surface area contributed by atoms with Crippen molar-refractivity contribution in [2.24, 2.45) is 5.92 Å². The number of aryl methyl sites for hydroxylation is 1. The van der Waals surface area contributed by atoms with Gasteiger partial charge in [0.05, 0.1) is 17.9 Å². The Balaban J connectivity index is 1.52. The van der Waals surface area contributed by atoms with Gasteiger partial charge in [-0.2, -0.15) is 9.40 Å². The van der Waals surface area contributed by atoms with Crippen LogP contribution in [0.5, 0.6) is 0 Å². The number of nitrogens with zero attached hydrogens (tertiary/aromatic N) is 4. The Labute approximate surface area is 166 Å². The van der Waals surface area contributed by atoms with E-state index in [-0.39, 0.29) is 11.8 Å². The van der Waals surface area contributed by atoms with Crippen LogP contribution in [0.4, 0.5) is 0 Å². The van der Waals surface area contributed by atoms with Crippen LogP contribution < -0.4 is 0 Å². The third kappa shape index (κ3) is 3.58. The molecule has 0 N–H and O–H groups in total. The summed E-state index contributed by atoms with van der Waals surface area (Å²) in [7, 11) is -3.64. The fraction of sp³-hybridized carbons (Fsp3) is 0.500. The molecule has 2 aromatic rings. The Morgan fingerprint density at radius 2 is 1.71 bits per heavy atom. The van der Waals surface area contributed by atoms with Gasteiger partial charge >= 0.3 is 0 Å². The van der Waals surface area contributed by atoms with E-state index in [0.717, 1.165) is 18.4 Å². The zero-order valence-electron chi connectivity index (χ0n) is 16.3. The molecule has 1 aliphatic heterocycles. The predicted molar refractivity (Wildman–Crippen MR) is 105 cm³/mol. The Kier molecular flexibility index (Phi) is 5.01. The van der Waals surface area contributed by atoms with E-state index in [4.69, 9.17) is 0 Å². The van der Waals surface area contributed by atoms with Crippen LogP contribution in [0.25, 0.3) is 0 Å². The molecule has 1 aliphatic carbocycles. The van der Waals surface area contributed by atoms with Crippen molar-refractivity contribution < 1.29 is 13.2 Å². The summed E-state index contributed by atoms with van der Waals surface area (Å²) in [6.45, 7) is 5.69. The molecular formula is C20H26N4O3S. The molecule has 1 amide bonds. The van der Waals surface area contributed by atoms with Gasteiger partial charge in [-0.1, -0.05) is 30.3 Å². The van der Waals surface area contributed by atoms with Gasteiger partial charge in [-0.3, -0.25) is 9.48 Å². The van der Waals surface area contributed by atoms with Crippen LogP contribution in [0.3, 0.4) is 0 Å². The van der Waals surface area contributed by atoms with Gasteiger partial charge in [0.25, 0.3) is 0 Å². The molecule has 1 aromatic heterocycles. The zero-order chi connectivity index (χ0) is 19.9. The first-order chi connectivity index (χ1) is 13.4. The van der Waals surface area contributed by atoms with E-state index in [1.54, 1.807) is 11.6 Å². The molecular weight excluding hydrogens is 376 g/mol. The second-order valence-corrected chi connectivity index (χ2v) is 9.52. The molecule has 8 heteroatoms. The molecule has 0 radical (unpaired) electrons. The van der Waals surface area contributed by atoms with Crippen LogP contribution >= 0.6 is 0 Å². The lowest BCUT2D eigenvalue weighted by atomic mass is 10.2. The Morgan fingerprint density at radius 3 is 2.32 bits per heavy atom. The van der Waals surface area contributed by atoms with E-state index in [0.29, 0.717) is 49.0 Å². The van der Waals surface area contributed by atoms with E-state index < -0.39 is 10.0 Å². The normalized spacial score (nSPS) is 18.4. The molecule has 0 spiro atoms. The maximum Gasteiger partial charge on any atom is 0.246 e. The maximum atomic E-state index is 13.3. The van der Waals surface area contributed by atoms with E-state index in [1.807, 2.05) is 42.2 Å². The lowest BCUT2D eigenvalue weighted by Crippen LogP contribution is -2.51. The number of hydrogen-bond donors (Lipinski definition) is 0. The number of benzene rings is 1. The summed E-state index contributed by atoms with van der Waals surface area (Å²) in [6, 6.07) is 9.87. The number of sulfonamides is 1. The number of carbonyl (C=O) groups excluding carboxylic acids is 1. The number of piperazine rings is 1. The summed E-state index contributed by atoms with van der Waals surface area (Å²) < 4.78 is 29.8. The molecule has 7 nitrogen and oxygen atoms in total.